The van der Waals surface area contributed by atoms with E-state index in [9.17, 15) is 9.59 Å². The van der Waals surface area contributed by atoms with Crippen molar-refractivity contribution in [1.82, 2.24) is 10.2 Å². The van der Waals surface area contributed by atoms with Crippen molar-refractivity contribution in [1.29, 1.82) is 0 Å². The number of carbonyl (C=O) groups is 2. The van der Waals surface area contributed by atoms with E-state index < -0.39 is 6.04 Å². The van der Waals surface area contributed by atoms with E-state index in [2.05, 4.69) is 5.32 Å². The lowest BCUT2D eigenvalue weighted by Gasteiger charge is -2.20. The molecule has 2 amide bonds. The van der Waals surface area contributed by atoms with Crippen molar-refractivity contribution in [2.24, 2.45) is 5.73 Å². The first-order chi connectivity index (χ1) is 7.02. The lowest BCUT2D eigenvalue weighted by Crippen LogP contribution is -2.47. The van der Waals surface area contributed by atoms with Crippen molar-refractivity contribution in [2.75, 3.05) is 33.9 Å². The molecule has 0 fully saturated rings. The molecule has 0 aliphatic rings. The molecule has 0 radical (unpaired) electrons. The number of hydrogen-bond donors (Lipinski definition) is 2. The summed E-state index contributed by atoms with van der Waals surface area (Å²) >= 11 is 0. The molecule has 1 unspecified atom stereocenters. The number of amides is 2. The third kappa shape index (κ3) is 5.34. The van der Waals surface area contributed by atoms with Gasteiger partial charge in [-0.1, -0.05) is 0 Å². The van der Waals surface area contributed by atoms with Crippen LogP contribution >= 0.6 is 0 Å². The molecule has 3 N–H and O–H groups in total. The number of nitrogens with zero attached hydrogens (tertiary/aromatic N) is 1. The molecule has 0 spiro atoms. The molecule has 0 heterocycles. The number of hydrogen-bond acceptors (Lipinski definition) is 4. The van der Waals surface area contributed by atoms with E-state index in [0.717, 1.165) is 0 Å². The summed E-state index contributed by atoms with van der Waals surface area (Å²) in [7, 11) is 3.00. The Morgan fingerprint density at radius 3 is 2.60 bits per heavy atom. The molecule has 0 rings (SSSR count). The maximum atomic E-state index is 11.5. The van der Waals surface area contributed by atoms with Gasteiger partial charge in [-0.15, -0.1) is 0 Å². The second-order valence-corrected chi connectivity index (χ2v) is 3.21. The molecule has 0 aromatic heterocycles. The predicted octanol–water partition coefficient (Wildman–Crippen LogP) is -1.45. The Balaban J connectivity index is 4.03. The van der Waals surface area contributed by atoms with Crippen molar-refractivity contribution in [3.63, 3.8) is 0 Å². The Hall–Kier alpha value is -1.14. The summed E-state index contributed by atoms with van der Waals surface area (Å²) in [5.41, 5.74) is 5.53. The SMILES string of the molecule is CCNC(=O)CN(C)C(=O)C(N)COC. The quantitative estimate of drug-likeness (QED) is 0.570. The normalized spacial score (nSPS) is 12.0. The summed E-state index contributed by atoms with van der Waals surface area (Å²) in [5, 5.41) is 2.60. The minimum Gasteiger partial charge on any atom is -0.383 e. The topological polar surface area (TPSA) is 84.7 Å². The number of nitrogens with one attached hydrogen (secondary N) is 1. The molecule has 0 saturated heterocycles. The molecule has 0 saturated carbocycles. The monoisotopic (exact) mass is 217 g/mol. The van der Waals surface area contributed by atoms with Crippen molar-refractivity contribution in [2.45, 2.75) is 13.0 Å². The maximum absolute atomic E-state index is 11.5. The molecule has 88 valence electrons. The fraction of sp³-hybridized carbons (Fsp3) is 0.778. The molecular formula is C9H19N3O3. The van der Waals surface area contributed by atoms with Crippen molar-refractivity contribution < 1.29 is 14.3 Å². The van der Waals surface area contributed by atoms with E-state index in [-0.39, 0.29) is 25.0 Å². The van der Waals surface area contributed by atoms with Crippen molar-refractivity contribution >= 4 is 11.8 Å². The van der Waals surface area contributed by atoms with Gasteiger partial charge in [-0.2, -0.15) is 0 Å². The van der Waals surface area contributed by atoms with Gasteiger partial charge >= 0.3 is 0 Å². The lowest BCUT2D eigenvalue weighted by atomic mass is 10.3. The Bertz CT molecular complexity index is 221. The third-order valence-corrected chi connectivity index (χ3v) is 1.79. The summed E-state index contributed by atoms with van der Waals surface area (Å²) in [4.78, 5) is 24.0. The van der Waals surface area contributed by atoms with Crippen LogP contribution in [0.15, 0.2) is 0 Å². The first-order valence-corrected chi connectivity index (χ1v) is 4.79. The van der Waals surface area contributed by atoms with Crippen LogP contribution in [0.5, 0.6) is 0 Å². The summed E-state index contributed by atoms with van der Waals surface area (Å²) < 4.78 is 4.75. The lowest BCUT2D eigenvalue weighted by molar-refractivity contribution is -0.136. The number of likely N-dealkylation sites (N-methyl/N-ethyl adjacent to an activating group) is 2. The largest absolute Gasteiger partial charge is 0.383 e. The van der Waals surface area contributed by atoms with Crippen LogP contribution in [0.2, 0.25) is 0 Å². The smallest absolute Gasteiger partial charge is 0.242 e. The van der Waals surface area contributed by atoms with Gasteiger partial charge in [-0.25, -0.2) is 0 Å². The van der Waals surface area contributed by atoms with Crippen LogP contribution in [-0.2, 0) is 14.3 Å². The summed E-state index contributed by atoms with van der Waals surface area (Å²) in [6.07, 6.45) is 0. The van der Waals surface area contributed by atoms with Gasteiger partial charge in [0.05, 0.1) is 13.2 Å². The fourth-order valence-corrected chi connectivity index (χ4v) is 1.08. The molecular weight excluding hydrogens is 198 g/mol. The van der Waals surface area contributed by atoms with E-state index in [1.165, 1.54) is 19.1 Å². The second-order valence-electron chi connectivity index (χ2n) is 3.21. The van der Waals surface area contributed by atoms with Crippen molar-refractivity contribution in [3.05, 3.63) is 0 Å². The van der Waals surface area contributed by atoms with Crippen LogP contribution in [0.3, 0.4) is 0 Å². The van der Waals surface area contributed by atoms with E-state index in [1.54, 1.807) is 0 Å². The van der Waals surface area contributed by atoms with E-state index in [4.69, 9.17) is 10.5 Å². The van der Waals surface area contributed by atoms with Gasteiger partial charge in [-0.3, -0.25) is 9.59 Å². The zero-order chi connectivity index (χ0) is 11.8. The Morgan fingerprint density at radius 2 is 2.13 bits per heavy atom. The average molecular weight is 217 g/mol. The van der Waals surface area contributed by atoms with Gasteiger partial charge in [0.25, 0.3) is 0 Å². The molecule has 1 atom stereocenters. The Morgan fingerprint density at radius 1 is 1.53 bits per heavy atom. The summed E-state index contributed by atoms with van der Waals surface area (Å²) in [6, 6.07) is -0.713. The van der Waals surface area contributed by atoms with Crippen LogP contribution in [0.1, 0.15) is 6.92 Å². The highest BCUT2D eigenvalue weighted by atomic mass is 16.5. The standard InChI is InChI=1S/C9H19N3O3/c1-4-11-8(13)5-12(2)9(14)7(10)6-15-3/h7H,4-6,10H2,1-3H3,(H,11,13). The van der Waals surface area contributed by atoms with Crippen LogP contribution in [0, 0.1) is 0 Å². The average Bonchev–Trinajstić information content (AvgIpc) is 2.17. The molecule has 0 aromatic rings. The highest BCUT2D eigenvalue weighted by Crippen LogP contribution is 1.90. The number of carbonyl (C=O) groups excluding carboxylic acids is 2. The number of nitrogens with two attached hydrogens (primary N) is 1. The van der Waals surface area contributed by atoms with Gasteiger partial charge in [0.2, 0.25) is 11.8 Å². The van der Waals surface area contributed by atoms with Crippen molar-refractivity contribution in [3.8, 4) is 0 Å². The van der Waals surface area contributed by atoms with Crippen LogP contribution in [0.4, 0.5) is 0 Å². The zero-order valence-corrected chi connectivity index (χ0v) is 9.45. The van der Waals surface area contributed by atoms with Gasteiger partial charge in [0, 0.05) is 20.7 Å². The molecule has 0 aliphatic carbocycles. The van der Waals surface area contributed by atoms with Gasteiger partial charge in [0.1, 0.15) is 6.04 Å². The van der Waals surface area contributed by atoms with Crippen LogP contribution in [-0.4, -0.2) is 56.6 Å². The van der Waals surface area contributed by atoms with Crippen LogP contribution < -0.4 is 11.1 Å². The van der Waals surface area contributed by atoms with Gasteiger partial charge < -0.3 is 20.7 Å². The van der Waals surface area contributed by atoms with Gasteiger partial charge in [-0.05, 0) is 6.92 Å². The minimum atomic E-state index is -0.713. The maximum Gasteiger partial charge on any atom is 0.242 e. The molecule has 6 heteroatoms. The second kappa shape index (κ2) is 7.19. The first kappa shape index (κ1) is 13.9. The Kier molecular flexibility index (Phi) is 6.64. The predicted molar refractivity (Wildman–Crippen MR) is 56.2 cm³/mol. The third-order valence-electron chi connectivity index (χ3n) is 1.79. The summed E-state index contributed by atoms with van der Waals surface area (Å²) in [6.45, 7) is 2.53. The molecule has 0 aromatic carbocycles. The minimum absolute atomic E-state index is 0.0179. The molecule has 6 nitrogen and oxygen atoms in total. The Labute approximate surface area is 89.7 Å². The summed E-state index contributed by atoms with van der Waals surface area (Å²) in [5.74, 6) is -0.499. The first-order valence-electron chi connectivity index (χ1n) is 4.79. The highest BCUT2D eigenvalue weighted by molar-refractivity contribution is 5.87. The fourth-order valence-electron chi connectivity index (χ4n) is 1.08. The van der Waals surface area contributed by atoms with Crippen LogP contribution in [0.25, 0.3) is 0 Å². The number of rotatable bonds is 6. The van der Waals surface area contributed by atoms with E-state index in [0.29, 0.717) is 6.54 Å². The molecule has 15 heavy (non-hydrogen) atoms. The molecule has 0 bridgehead atoms. The van der Waals surface area contributed by atoms with E-state index in [1.807, 2.05) is 6.92 Å². The number of ether oxygens (including phenoxy) is 1. The zero-order valence-electron chi connectivity index (χ0n) is 9.45. The van der Waals surface area contributed by atoms with Gasteiger partial charge in [0.15, 0.2) is 0 Å². The van der Waals surface area contributed by atoms with E-state index >= 15 is 0 Å². The number of methoxy groups -OCH3 is 1. The highest BCUT2D eigenvalue weighted by Gasteiger charge is 2.19. The molecule has 0 aliphatic heterocycles.